The molecule has 2 N–H and O–H groups in total. The molecule has 23 heavy (non-hydrogen) atoms. The number of rotatable bonds is 6. The maximum absolute atomic E-state index is 5.40. The fourth-order valence-corrected chi connectivity index (χ4v) is 2.13. The van der Waals surface area contributed by atoms with E-state index >= 15 is 0 Å². The SMILES string of the molecule is CCOc1ccc(NC(=S)Nc2ccc(OCC)cc2)cc1.[Y]. The monoisotopic (exact) mass is 405 g/mol. The van der Waals surface area contributed by atoms with Gasteiger partial charge in [-0.2, -0.15) is 0 Å². The van der Waals surface area contributed by atoms with Crippen molar-refractivity contribution >= 4 is 28.7 Å². The van der Waals surface area contributed by atoms with E-state index < -0.39 is 0 Å². The Labute approximate surface area is 167 Å². The minimum Gasteiger partial charge on any atom is -0.494 e. The number of thiocarbonyl (C=S) groups is 1. The van der Waals surface area contributed by atoms with Crippen molar-refractivity contribution in [2.45, 2.75) is 13.8 Å². The molecule has 0 fully saturated rings. The van der Waals surface area contributed by atoms with Crippen molar-refractivity contribution < 1.29 is 42.2 Å². The molecule has 1 radical (unpaired) electrons. The van der Waals surface area contributed by atoms with E-state index in [1.54, 1.807) is 0 Å². The molecule has 0 aromatic heterocycles. The van der Waals surface area contributed by atoms with Gasteiger partial charge in [0, 0.05) is 44.1 Å². The zero-order valence-electron chi connectivity index (χ0n) is 13.3. The van der Waals surface area contributed by atoms with Crippen LogP contribution in [-0.4, -0.2) is 18.3 Å². The van der Waals surface area contributed by atoms with E-state index in [0.29, 0.717) is 18.3 Å². The molecule has 2 rings (SSSR count). The Bertz CT molecular complexity index is 549. The second kappa shape index (κ2) is 10.6. The van der Waals surface area contributed by atoms with Crippen LogP contribution in [-0.2, 0) is 32.7 Å². The largest absolute Gasteiger partial charge is 0.494 e. The van der Waals surface area contributed by atoms with Crippen LogP contribution in [0.2, 0.25) is 0 Å². The van der Waals surface area contributed by atoms with Gasteiger partial charge >= 0.3 is 0 Å². The van der Waals surface area contributed by atoms with E-state index in [2.05, 4.69) is 10.6 Å². The molecule has 0 spiro atoms. The number of hydrogen-bond donors (Lipinski definition) is 2. The maximum Gasteiger partial charge on any atom is 0.175 e. The first-order valence-corrected chi connectivity index (χ1v) is 7.65. The van der Waals surface area contributed by atoms with Crippen LogP contribution in [0.25, 0.3) is 0 Å². The number of ether oxygens (including phenoxy) is 2. The van der Waals surface area contributed by atoms with Crippen molar-refractivity contribution in [3.8, 4) is 11.5 Å². The van der Waals surface area contributed by atoms with Gasteiger partial charge in [-0.15, -0.1) is 0 Å². The van der Waals surface area contributed by atoms with E-state index in [1.165, 1.54) is 0 Å². The van der Waals surface area contributed by atoms with Gasteiger partial charge in [0.15, 0.2) is 5.11 Å². The van der Waals surface area contributed by atoms with Crippen LogP contribution in [0.4, 0.5) is 11.4 Å². The molecule has 0 saturated heterocycles. The van der Waals surface area contributed by atoms with E-state index in [1.807, 2.05) is 62.4 Å². The summed E-state index contributed by atoms with van der Waals surface area (Å²) in [6.45, 7) is 5.24. The number of benzene rings is 2. The van der Waals surface area contributed by atoms with Crippen LogP contribution in [0.5, 0.6) is 11.5 Å². The molecular weight excluding hydrogens is 385 g/mol. The second-order valence-electron chi connectivity index (χ2n) is 4.49. The molecule has 0 aliphatic carbocycles. The Hall–Kier alpha value is -1.17. The van der Waals surface area contributed by atoms with Gasteiger partial charge in [0.05, 0.1) is 13.2 Å². The first-order chi connectivity index (χ1) is 10.7. The van der Waals surface area contributed by atoms with Crippen molar-refractivity contribution in [1.29, 1.82) is 0 Å². The first-order valence-electron chi connectivity index (χ1n) is 7.25. The third-order valence-corrected chi connectivity index (χ3v) is 3.05. The molecule has 0 atom stereocenters. The Balaban J connectivity index is 0.00000264. The van der Waals surface area contributed by atoms with E-state index in [0.717, 1.165) is 22.9 Å². The minimum absolute atomic E-state index is 0. The van der Waals surface area contributed by atoms with Crippen LogP contribution in [0.15, 0.2) is 48.5 Å². The summed E-state index contributed by atoms with van der Waals surface area (Å²) in [4.78, 5) is 0. The predicted octanol–water partition coefficient (Wildman–Crippen LogP) is 4.29. The van der Waals surface area contributed by atoms with E-state index in [4.69, 9.17) is 21.7 Å². The molecule has 0 unspecified atom stereocenters. The molecule has 2 aromatic rings. The van der Waals surface area contributed by atoms with E-state index in [9.17, 15) is 0 Å². The molecule has 4 nitrogen and oxygen atoms in total. The van der Waals surface area contributed by atoms with Crippen molar-refractivity contribution in [1.82, 2.24) is 0 Å². The predicted molar refractivity (Wildman–Crippen MR) is 95.1 cm³/mol. The van der Waals surface area contributed by atoms with Crippen molar-refractivity contribution in [3.05, 3.63) is 48.5 Å². The molecule has 6 heteroatoms. The average Bonchev–Trinajstić information content (AvgIpc) is 2.52. The summed E-state index contributed by atoms with van der Waals surface area (Å²) >= 11 is 5.30. The Morgan fingerprint density at radius 3 is 1.43 bits per heavy atom. The standard InChI is InChI=1S/C17H20N2O2S.Y/c1-3-20-15-9-5-13(6-10-15)18-17(22)19-14-7-11-16(12-8-14)21-4-2;/h5-12H,3-4H2,1-2H3,(H2,18,19,22);. The third-order valence-electron chi connectivity index (χ3n) is 2.85. The molecule has 119 valence electrons. The quantitative estimate of drug-likeness (QED) is 0.702. The Morgan fingerprint density at radius 2 is 1.13 bits per heavy atom. The number of hydrogen-bond acceptors (Lipinski definition) is 3. The molecule has 0 saturated carbocycles. The van der Waals surface area contributed by atoms with E-state index in [-0.39, 0.29) is 32.7 Å². The van der Waals surface area contributed by atoms with Crippen LogP contribution < -0.4 is 20.1 Å². The summed E-state index contributed by atoms with van der Waals surface area (Å²) < 4.78 is 10.8. The fraction of sp³-hybridized carbons (Fsp3) is 0.235. The summed E-state index contributed by atoms with van der Waals surface area (Å²) in [6, 6.07) is 15.3. The molecule has 0 bridgehead atoms. The molecule has 0 amide bonds. The van der Waals surface area contributed by atoms with Crippen LogP contribution in [0.3, 0.4) is 0 Å². The number of anilines is 2. The molecule has 0 aliphatic heterocycles. The second-order valence-corrected chi connectivity index (χ2v) is 4.90. The zero-order valence-corrected chi connectivity index (χ0v) is 17.0. The van der Waals surface area contributed by atoms with Gasteiger partial charge in [0.1, 0.15) is 11.5 Å². The molecule has 2 aromatic carbocycles. The van der Waals surface area contributed by atoms with Gasteiger partial charge in [-0.25, -0.2) is 0 Å². The van der Waals surface area contributed by atoms with Gasteiger partial charge in [-0.1, -0.05) is 0 Å². The van der Waals surface area contributed by atoms with Crippen LogP contribution >= 0.6 is 12.2 Å². The third kappa shape index (κ3) is 6.85. The summed E-state index contributed by atoms with van der Waals surface area (Å²) in [6.07, 6.45) is 0. The van der Waals surface area contributed by atoms with Gasteiger partial charge < -0.3 is 20.1 Å². The summed E-state index contributed by atoms with van der Waals surface area (Å²) in [5.74, 6) is 1.69. The smallest absolute Gasteiger partial charge is 0.175 e. The maximum atomic E-state index is 5.40. The fourth-order valence-electron chi connectivity index (χ4n) is 1.90. The summed E-state index contributed by atoms with van der Waals surface area (Å²) in [5.41, 5.74) is 1.82. The normalized spacial score (nSPS) is 9.48. The van der Waals surface area contributed by atoms with Gasteiger partial charge in [-0.3, -0.25) is 0 Å². The Morgan fingerprint density at radius 1 is 0.783 bits per heavy atom. The average molecular weight is 405 g/mol. The van der Waals surface area contributed by atoms with Crippen LogP contribution in [0.1, 0.15) is 13.8 Å². The van der Waals surface area contributed by atoms with Crippen molar-refractivity contribution in [2.75, 3.05) is 23.8 Å². The molecular formula is C17H20N2O2SY. The first kappa shape index (κ1) is 19.9. The van der Waals surface area contributed by atoms with Gasteiger partial charge in [-0.05, 0) is 74.6 Å². The van der Waals surface area contributed by atoms with Gasteiger partial charge in [0.25, 0.3) is 0 Å². The van der Waals surface area contributed by atoms with Crippen molar-refractivity contribution in [3.63, 3.8) is 0 Å². The zero-order chi connectivity index (χ0) is 15.8. The minimum atomic E-state index is 0. The number of nitrogens with one attached hydrogen (secondary N) is 2. The molecule has 0 heterocycles. The topological polar surface area (TPSA) is 42.5 Å². The van der Waals surface area contributed by atoms with Crippen LogP contribution in [0, 0.1) is 0 Å². The summed E-state index contributed by atoms with van der Waals surface area (Å²) in [7, 11) is 0. The summed E-state index contributed by atoms with van der Waals surface area (Å²) in [5, 5.41) is 6.80. The van der Waals surface area contributed by atoms with Crippen molar-refractivity contribution in [2.24, 2.45) is 0 Å². The Kier molecular flexibility index (Phi) is 9.14. The molecule has 0 aliphatic rings. The van der Waals surface area contributed by atoms with Gasteiger partial charge in [0.2, 0.25) is 0 Å².